The molecule has 2 rings (SSSR count). The number of esters is 2. The maximum absolute atomic E-state index is 12.6. The van der Waals surface area contributed by atoms with Crippen LogP contribution in [0.2, 0.25) is 0 Å². The molecule has 10 nitrogen and oxygen atoms in total. The summed E-state index contributed by atoms with van der Waals surface area (Å²) in [6.07, 6.45) is 0. The van der Waals surface area contributed by atoms with Gasteiger partial charge in [-0.15, -0.1) is 0 Å². The molecule has 2 aromatic rings. The van der Waals surface area contributed by atoms with Crippen molar-refractivity contribution in [2.75, 3.05) is 19.0 Å². The highest BCUT2D eigenvalue weighted by molar-refractivity contribution is 7.99. The normalized spacial score (nSPS) is 10.9. The molecule has 0 bridgehead atoms. The summed E-state index contributed by atoms with van der Waals surface area (Å²) in [4.78, 5) is 52.5. The zero-order valence-electron chi connectivity index (χ0n) is 15.0. The molecule has 0 aromatic carbocycles. The average molecular weight is 384 g/mol. The monoisotopic (exact) mass is 384 g/mol. The van der Waals surface area contributed by atoms with E-state index in [0.29, 0.717) is 0 Å². The predicted octanol–water partition coefficient (Wildman–Crippen LogP) is -0.348. The molecule has 0 saturated heterocycles. The molecule has 142 valence electrons. The van der Waals surface area contributed by atoms with E-state index in [9.17, 15) is 19.2 Å². The van der Waals surface area contributed by atoms with Gasteiger partial charge in [0, 0.05) is 14.1 Å². The van der Waals surface area contributed by atoms with Gasteiger partial charge in [0.05, 0.1) is 19.0 Å². The van der Waals surface area contributed by atoms with Gasteiger partial charge in [-0.3, -0.25) is 23.5 Å². The van der Waals surface area contributed by atoms with Crippen molar-refractivity contribution in [3.05, 3.63) is 20.8 Å². The molecule has 0 aliphatic carbocycles. The molecular weight excluding hydrogens is 364 g/mol. The molecule has 0 saturated carbocycles. The smallest absolute Gasteiger partial charge is 0.332 e. The Labute approximate surface area is 152 Å². The number of hydrogen-bond acceptors (Lipinski definition) is 8. The fraction of sp³-hybridized carbons (Fsp3) is 0.533. The van der Waals surface area contributed by atoms with Crippen LogP contribution in [0.1, 0.15) is 13.8 Å². The first-order chi connectivity index (χ1) is 12.3. The molecular formula is C15H20N4O6S. The van der Waals surface area contributed by atoms with Gasteiger partial charge in [0.15, 0.2) is 16.3 Å². The Balaban J connectivity index is 2.58. The van der Waals surface area contributed by atoms with E-state index in [1.165, 1.54) is 23.2 Å². The lowest BCUT2D eigenvalue weighted by molar-refractivity contribution is -0.144. The summed E-state index contributed by atoms with van der Waals surface area (Å²) in [5, 5.41) is 0.249. The average Bonchev–Trinajstić information content (AvgIpc) is 2.95. The second-order valence-electron chi connectivity index (χ2n) is 5.26. The predicted molar refractivity (Wildman–Crippen MR) is 94.2 cm³/mol. The van der Waals surface area contributed by atoms with Gasteiger partial charge in [-0.05, 0) is 13.8 Å². The molecule has 0 aliphatic rings. The summed E-state index contributed by atoms with van der Waals surface area (Å²) >= 11 is 1.02. The van der Waals surface area contributed by atoms with E-state index in [2.05, 4.69) is 4.98 Å². The number of aryl methyl sites for hydroxylation is 1. The van der Waals surface area contributed by atoms with E-state index in [1.54, 1.807) is 13.8 Å². The van der Waals surface area contributed by atoms with Crippen LogP contribution in [0.15, 0.2) is 14.7 Å². The lowest BCUT2D eigenvalue weighted by Gasteiger charge is -2.08. The summed E-state index contributed by atoms with van der Waals surface area (Å²) in [5.41, 5.74) is -0.893. The van der Waals surface area contributed by atoms with E-state index in [4.69, 9.17) is 9.47 Å². The fourth-order valence-corrected chi connectivity index (χ4v) is 3.14. The number of fused-ring (bicyclic) bond motifs is 1. The van der Waals surface area contributed by atoms with Gasteiger partial charge in [0.25, 0.3) is 5.56 Å². The van der Waals surface area contributed by atoms with Crippen molar-refractivity contribution in [1.29, 1.82) is 0 Å². The number of hydrogen-bond donors (Lipinski definition) is 0. The summed E-state index contributed by atoms with van der Waals surface area (Å²) in [7, 11) is 2.82. The molecule has 0 unspecified atom stereocenters. The Kier molecular flexibility index (Phi) is 6.24. The van der Waals surface area contributed by atoms with Crippen LogP contribution in [-0.2, 0) is 39.7 Å². The molecule has 0 radical (unpaired) electrons. The third kappa shape index (κ3) is 3.82. The van der Waals surface area contributed by atoms with Crippen molar-refractivity contribution in [3.63, 3.8) is 0 Å². The Hall–Kier alpha value is -2.56. The Morgan fingerprint density at radius 1 is 1.04 bits per heavy atom. The van der Waals surface area contributed by atoms with Gasteiger partial charge in [-0.25, -0.2) is 9.78 Å². The maximum atomic E-state index is 12.6. The van der Waals surface area contributed by atoms with Crippen molar-refractivity contribution in [3.8, 4) is 0 Å². The molecule has 0 N–H and O–H groups in total. The van der Waals surface area contributed by atoms with E-state index < -0.39 is 23.2 Å². The summed E-state index contributed by atoms with van der Waals surface area (Å²) in [6.45, 7) is 3.53. The highest BCUT2D eigenvalue weighted by atomic mass is 32.2. The third-order valence-electron chi connectivity index (χ3n) is 3.53. The number of ether oxygens (including phenoxy) is 2. The van der Waals surface area contributed by atoms with E-state index in [0.717, 1.165) is 16.3 Å². The molecule has 2 heterocycles. The zero-order valence-corrected chi connectivity index (χ0v) is 15.8. The summed E-state index contributed by atoms with van der Waals surface area (Å²) < 4.78 is 13.3. The van der Waals surface area contributed by atoms with Crippen molar-refractivity contribution in [2.24, 2.45) is 14.1 Å². The number of aromatic nitrogens is 4. The zero-order chi connectivity index (χ0) is 19.4. The molecule has 0 atom stereocenters. The largest absolute Gasteiger partial charge is 0.465 e. The first kappa shape index (κ1) is 19.8. The van der Waals surface area contributed by atoms with E-state index in [-0.39, 0.29) is 41.8 Å². The van der Waals surface area contributed by atoms with Gasteiger partial charge in [0.1, 0.15) is 6.54 Å². The van der Waals surface area contributed by atoms with Crippen LogP contribution in [0.4, 0.5) is 0 Å². The molecule has 0 spiro atoms. The van der Waals surface area contributed by atoms with Crippen LogP contribution in [0.25, 0.3) is 11.2 Å². The van der Waals surface area contributed by atoms with Gasteiger partial charge in [0.2, 0.25) is 0 Å². The molecule has 11 heteroatoms. The standard InChI is InChI=1S/C15H20N4O6S/c1-5-24-9(20)7-19-11-12(17(3)15(23)18(4)13(11)22)16-14(19)26-8-10(21)25-6-2/h5-8H2,1-4H3. The quantitative estimate of drug-likeness (QED) is 0.470. The van der Waals surface area contributed by atoms with Crippen molar-refractivity contribution < 1.29 is 19.1 Å². The fourth-order valence-electron chi connectivity index (χ4n) is 2.35. The Bertz CT molecular complexity index is 958. The first-order valence-electron chi connectivity index (χ1n) is 7.92. The van der Waals surface area contributed by atoms with Crippen LogP contribution in [0, 0.1) is 0 Å². The Morgan fingerprint density at radius 3 is 2.27 bits per heavy atom. The van der Waals surface area contributed by atoms with Gasteiger partial charge in [-0.1, -0.05) is 11.8 Å². The number of nitrogens with zero attached hydrogens (tertiary/aromatic N) is 4. The number of rotatable bonds is 7. The van der Waals surface area contributed by atoms with Crippen LogP contribution < -0.4 is 11.2 Å². The highest BCUT2D eigenvalue weighted by Gasteiger charge is 2.22. The van der Waals surface area contributed by atoms with Crippen LogP contribution in [0.3, 0.4) is 0 Å². The second kappa shape index (κ2) is 8.21. The van der Waals surface area contributed by atoms with Crippen LogP contribution in [0.5, 0.6) is 0 Å². The SMILES string of the molecule is CCOC(=O)CSc1nc2c(c(=O)n(C)c(=O)n2C)n1CC(=O)OCC. The minimum atomic E-state index is -0.581. The maximum Gasteiger partial charge on any atom is 0.332 e. The number of imidazole rings is 1. The van der Waals surface area contributed by atoms with Gasteiger partial charge < -0.3 is 14.0 Å². The van der Waals surface area contributed by atoms with Gasteiger partial charge in [-0.2, -0.15) is 0 Å². The molecule has 0 fully saturated rings. The van der Waals surface area contributed by atoms with Crippen molar-refractivity contribution in [1.82, 2.24) is 18.7 Å². The van der Waals surface area contributed by atoms with Crippen molar-refractivity contribution in [2.45, 2.75) is 25.5 Å². The number of carbonyl (C=O) groups is 2. The van der Waals surface area contributed by atoms with Crippen LogP contribution in [-0.4, -0.2) is 49.6 Å². The summed E-state index contributed by atoms with van der Waals surface area (Å²) in [5.74, 6) is -1.05. The minimum Gasteiger partial charge on any atom is -0.465 e. The lowest BCUT2D eigenvalue weighted by atomic mass is 10.5. The third-order valence-corrected chi connectivity index (χ3v) is 4.48. The number of carbonyl (C=O) groups excluding carboxylic acids is 2. The van der Waals surface area contributed by atoms with E-state index in [1.807, 2.05) is 0 Å². The van der Waals surface area contributed by atoms with Gasteiger partial charge >= 0.3 is 17.6 Å². The molecule has 0 aliphatic heterocycles. The minimum absolute atomic E-state index is 0.0474. The van der Waals surface area contributed by atoms with Crippen LogP contribution >= 0.6 is 11.8 Å². The Morgan fingerprint density at radius 2 is 1.65 bits per heavy atom. The topological polar surface area (TPSA) is 114 Å². The molecule has 26 heavy (non-hydrogen) atoms. The summed E-state index contributed by atoms with van der Waals surface area (Å²) in [6, 6.07) is 0. The van der Waals surface area contributed by atoms with E-state index >= 15 is 0 Å². The highest BCUT2D eigenvalue weighted by Crippen LogP contribution is 2.22. The number of thioether (sulfide) groups is 1. The first-order valence-corrected chi connectivity index (χ1v) is 8.90. The van der Waals surface area contributed by atoms with Crippen molar-refractivity contribution >= 4 is 34.9 Å². The second-order valence-corrected chi connectivity index (χ2v) is 6.20. The lowest BCUT2D eigenvalue weighted by Crippen LogP contribution is -2.37. The molecule has 0 amide bonds. The molecule has 2 aromatic heterocycles.